The van der Waals surface area contributed by atoms with Crippen molar-refractivity contribution in [3.05, 3.63) is 35.9 Å². The number of thiol groups is 1. The van der Waals surface area contributed by atoms with Crippen LogP contribution in [0.2, 0.25) is 0 Å². The molecule has 1 saturated heterocycles. The van der Waals surface area contributed by atoms with E-state index in [1.165, 1.54) is 0 Å². The number of rotatable bonds is 5. The van der Waals surface area contributed by atoms with E-state index in [1.54, 1.807) is 0 Å². The number of amides is 2. The van der Waals surface area contributed by atoms with Crippen LogP contribution < -0.4 is 15.8 Å². The van der Waals surface area contributed by atoms with Gasteiger partial charge in [0.15, 0.2) is 6.23 Å². The molecule has 1 aromatic carbocycles. The quantitative estimate of drug-likeness (QED) is 0.688. The Labute approximate surface area is 146 Å². The molecule has 0 spiro atoms. The molecule has 3 N–H and O–H groups in total. The van der Waals surface area contributed by atoms with Crippen molar-refractivity contribution in [3.63, 3.8) is 0 Å². The number of benzene rings is 1. The summed E-state index contributed by atoms with van der Waals surface area (Å²) in [7, 11) is 0. The number of ether oxygens (including phenoxy) is 1. The number of nitrogens with one attached hydrogen (secondary N) is 1. The summed E-state index contributed by atoms with van der Waals surface area (Å²) in [5.41, 5.74) is 6.30. The van der Waals surface area contributed by atoms with E-state index in [0.29, 0.717) is 0 Å². The first-order chi connectivity index (χ1) is 11.6. The molecule has 3 atom stereocenters. The van der Waals surface area contributed by atoms with Gasteiger partial charge in [-0.05, 0) is 25.0 Å². The first kappa shape index (κ1) is 16.9. The summed E-state index contributed by atoms with van der Waals surface area (Å²) in [5, 5.41) is 2.69. The molecule has 7 heteroatoms. The number of likely N-dealkylation sites (tertiary alicyclic amines) is 1. The molecule has 3 rings (SSSR count). The van der Waals surface area contributed by atoms with Crippen LogP contribution in [0.4, 0.5) is 0 Å². The van der Waals surface area contributed by atoms with Gasteiger partial charge in [0.05, 0.1) is 6.04 Å². The van der Waals surface area contributed by atoms with E-state index in [-0.39, 0.29) is 23.9 Å². The van der Waals surface area contributed by atoms with Crippen molar-refractivity contribution < 1.29 is 14.3 Å². The highest BCUT2D eigenvalue weighted by Gasteiger charge is 2.37. The van der Waals surface area contributed by atoms with Crippen LogP contribution in [0, 0.1) is 0 Å². The van der Waals surface area contributed by atoms with Gasteiger partial charge in [0, 0.05) is 17.9 Å². The smallest absolute Gasteiger partial charge is 0.240 e. The lowest BCUT2D eigenvalue weighted by Gasteiger charge is -2.33. The van der Waals surface area contributed by atoms with Gasteiger partial charge in [0.2, 0.25) is 11.8 Å². The minimum atomic E-state index is -0.758. The fourth-order valence-electron chi connectivity index (χ4n) is 3.11. The maximum atomic E-state index is 12.5. The molecule has 6 nitrogen and oxygen atoms in total. The molecule has 24 heavy (non-hydrogen) atoms. The molecule has 1 fully saturated rings. The van der Waals surface area contributed by atoms with Crippen molar-refractivity contribution in [2.45, 2.75) is 31.2 Å². The summed E-state index contributed by atoms with van der Waals surface area (Å²) >= 11 is 4.06. The van der Waals surface area contributed by atoms with Crippen LogP contribution >= 0.6 is 12.6 Å². The zero-order chi connectivity index (χ0) is 17.1. The number of carbonyl (C=O) groups excluding carboxylic acids is 2. The number of fused-ring (bicyclic) bond motifs is 1. The Kier molecular flexibility index (Phi) is 5.11. The summed E-state index contributed by atoms with van der Waals surface area (Å²) in [6.45, 7) is 0.761. The third-order valence-electron chi connectivity index (χ3n) is 4.37. The Hall–Kier alpha value is -1.99. The summed E-state index contributed by atoms with van der Waals surface area (Å²) < 4.78 is 6.03. The second-order valence-corrected chi connectivity index (χ2v) is 6.31. The van der Waals surface area contributed by atoms with Gasteiger partial charge in [-0.2, -0.15) is 12.6 Å². The lowest BCUT2D eigenvalue weighted by atomic mass is 10.1. The van der Waals surface area contributed by atoms with Crippen LogP contribution in [-0.4, -0.2) is 47.3 Å². The monoisotopic (exact) mass is 347 g/mol. The van der Waals surface area contributed by atoms with E-state index in [2.05, 4.69) is 17.9 Å². The Morgan fingerprint density at radius 3 is 2.96 bits per heavy atom. The molecular formula is C17H21N3O3S. The van der Waals surface area contributed by atoms with Crippen LogP contribution in [0.5, 0.6) is 5.75 Å². The summed E-state index contributed by atoms with van der Waals surface area (Å²) in [6.07, 6.45) is 5.30. The molecule has 0 aromatic heterocycles. The van der Waals surface area contributed by atoms with E-state index in [9.17, 15) is 9.59 Å². The standard InChI is InChI=1S/C17H21N3O3S/c18-16(21)12(10-24)19-17(22)13-5-3-9-20(13)15-8-7-11-4-1-2-6-14(11)23-15/h1-2,4,6-8,12-13,15,24H,3,5,9-10H2,(H2,18,21)(H,19,22)/t12-,13-,15?/m0/s1. The van der Waals surface area contributed by atoms with Crippen molar-refractivity contribution in [2.24, 2.45) is 5.73 Å². The number of para-hydroxylation sites is 1. The van der Waals surface area contributed by atoms with Gasteiger partial charge in [-0.15, -0.1) is 0 Å². The third-order valence-corrected chi connectivity index (χ3v) is 4.74. The van der Waals surface area contributed by atoms with Gasteiger partial charge in [0.1, 0.15) is 11.8 Å². The highest BCUT2D eigenvalue weighted by atomic mass is 32.1. The Balaban J connectivity index is 1.70. The second kappa shape index (κ2) is 7.27. The van der Waals surface area contributed by atoms with Crippen LogP contribution in [0.25, 0.3) is 6.08 Å². The Morgan fingerprint density at radius 1 is 1.42 bits per heavy atom. The lowest BCUT2D eigenvalue weighted by Crippen LogP contribution is -2.54. The van der Waals surface area contributed by atoms with Crippen molar-refractivity contribution in [1.82, 2.24) is 10.2 Å². The van der Waals surface area contributed by atoms with Gasteiger partial charge < -0.3 is 15.8 Å². The highest BCUT2D eigenvalue weighted by Crippen LogP contribution is 2.30. The molecule has 0 radical (unpaired) electrons. The maximum absolute atomic E-state index is 12.5. The molecule has 0 bridgehead atoms. The second-order valence-electron chi connectivity index (χ2n) is 5.95. The van der Waals surface area contributed by atoms with E-state index in [0.717, 1.165) is 30.7 Å². The summed E-state index contributed by atoms with van der Waals surface area (Å²) in [6, 6.07) is 6.69. The first-order valence-corrected chi connectivity index (χ1v) is 8.63. The average molecular weight is 347 g/mol. The summed E-state index contributed by atoms with van der Waals surface area (Å²) in [5.74, 6) is 0.203. The zero-order valence-corrected chi connectivity index (χ0v) is 14.1. The van der Waals surface area contributed by atoms with Gasteiger partial charge in [0.25, 0.3) is 0 Å². The van der Waals surface area contributed by atoms with Gasteiger partial charge >= 0.3 is 0 Å². The van der Waals surface area contributed by atoms with Gasteiger partial charge in [-0.3, -0.25) is 14.5 Å². The van der Waals surface area contributed by atoms with Crippen LogP contribution in [-0.2, 0) is 9.59 Å². The number of hydrogen-bond donors (Lipinski definition) is 3. The Bertz CT molecular complexity index is 664. The van der Waals surface area contributed by atoms with E-state index >= 15 is 0 Å². The molecule has 1 aromatic rings. The third kappa shape index (κ3) is 3.42. The highest BCUT2D eigenvalue weighted by molar-refractivity contribution is 7.80. The number of nitrogens with zero attached hydrogens (tertiary/aromatic N) is 1. The number of nitrogens with two attached hydrogens (primary N) is 1. The SMILES string of the molecule is NC(=O)[C@H](CS)NC(=O)[C@@H]1CCCN1C1C=Cc2ccccc2O1. The van der Waals surface area contributed by atoms with Crippen molar-refractivity contribution in [3.8, 4) is 5.75 Å². The number of carbonyl (C=O) groups is 2. The topological polar surface area (TPSA) is 84.7 Å². The summed E-state index contributed by atoms with van der Waals surface area (Å²) in [4.78, 5) is 25.9. The van der Waals surface area contributed by atoms with E-state index in [4.69, 9.17) is 10.5 Å². The van der Waals surface area contributed by atoms with E-state index < -0.39 is 11.9 Å². The zero-order valence-electron chi connectivity index (χ0n) is 13.2. The minimum absolute atomic E-state index is 0.182. The number of hydrogen-bond acceptors (Lipinski definition) is 5. The Morgan fingerprint density at radius 2 is 2.21 bits per heavy atom. The number of primary amides is 1. The largest absolute Gasteiger partial charge is 0.471 e. The van der Waals surface area contributed by atoms with Gasteiger partial charge in [-0.1, -0.05) is 24.3 Å². The minimum Gasteiger partial charge on any atom is -0.471 e. The van der Waals surface area contributed by atoms with Crippen LogP contribution in [0.3, 0.4) is 0 Å². The van der Waals surface area contributed by atoms with Crippen LogP contribution in [0.15, 0.2) is 30.3 Å². The molecular weight excluding hydrogens is 326 g/mol. The average Bonchev–Trinajstić information content (AvgIpc) is 3.08. The lowest BCUT2D eigenvalue weighted by molar-refractivity contribution is -0.131. The molecule has 0 saturated carbocycles. The molecule has 0 aliphatic carbocycles. The molecule has 128 valence electrons. The predicted octanol–water partition coefficient (Wildman–Crippen LogP) is 0.783. The van der Waals surface area contributed by atoms with E-state index in [1.807, 2.05) is 41.3 Å². The predicted molar refractivity (Wildman–Crippen MR) is 94.6 cm³/mol. The maximum Gasteiger partial charge on any atom is 0.240 e. The van der Waals surface area contributed by atoms with Crippen molar-refractivity contribution in [1.29, 1.82) is 0 Å². The molecule has 2 amide bonds. The normalized spacial score (nSPS) is 24.0. The first-order valence-electron chi connectivity index (χ1n) is 8.00. The molecule has 2 aliphatic heterocycles. The van der Waals surface area contributed by atoms with Gasteiger partial charge in [-0.25, -0.2) is 0 Å². The van der Waals surface area contributed by atoms with Crippen LogP contribution in [0.1, 0.15) is 18.4 Å². The molecule has 2 heterocycles. The van der Waals surface area contributed by atoms with Crippen molar-refractivity contribution >= 4 is 30.5 Å². The fourth-order valence-corrected chi connectivity index (χ4v) is 3.38. The fraction of sp³-hybridized carbons (Fsp3) is 0.412. The molecule has 1 unspecified atom stereocenters. The molecule has 2 aliphatic rings. The van der Waals surface area contributed by atoms with Crippen molar-refractivity contribution in [2.75, 3.05) is 12.3 Å².